The van der Waals surface area contributed by atoms with Crippen LogP contribution >= 0.6 is 0 Å². The number of anilines is 3. The van der Waals surface area contributed by atoms with E-state index in [4.69, 9.17) is 4.55 Å². The average molecular weight is 400 g/mol. The van der Waals surface area contributed by atoms with E-state index >= 15 is 0 Å². The van der Waals surface area contributed by atoms with Crippen LogP contribution in [0.5, 0.6) is 0 Å². The van der Waals surface area contributed by atoms with Crippen LogP contribution in [0.25, 0.3) is 0 Å². The van der Waals surface area contributed by atoms with Crippen LogP contribution in [0.2, 0.25) is 0 Å². The first-order valence-electron chi connectivity index (χ1n) is 7.82. The van der Waals surface area contributed by atoms with Gasteiger partial charge in [0.1, 0.15) is 11.6 Å². The van der Waals surface area contributed by atoms with E-state index in [9.17, 15) is 23.3 Å². The van der Waals surface area contributed by atoms with Gasteiger partial charge in [0, 0.05) is 30.2 Å². The lowest BCUT2D eigenvalue weighted by Gasteiger charge is -2.07. The highest BCUT2D eigenvalue weighted by Crippen LogP contribution is 2.17. The Morgan fingerprint density at radius 1 is 1.04 bits per heavy atom. The highest BCUT2D eigenvalue weighted by Gasteiger charge is 2.13. The molecule has 9 nitrogen and oxygen atoms in total. The first-order chi connectivity index (χ1) is 13.2. The van der Waals surface area contributed by atoms with Crippen LogP contribution < -0.4 is 16.0 Å². The summed E-state index contributed by atoms with van der Waals surface area (Å²) in [6.45, 7) is 1.39. The molecule has 2 rings (SSSR count). The summed E-state index contributed by atoms with van der Waals surface area (Å²) in [5, 5.41) is 17.0. The molecule has 0 heterocycles. The van der Waals surface area contributed by atoms with Crippen LogP contribution in [-0.4, -0.2) is 24.8 Å². The van der Waals surface area contributed by atoms with E-state index in [0.29, 0.717) is 11.4 Å². The number of amides is 2. The molecule has 2 amide bonds. The third-order valence-electron chi connectivity index (χ3n) is 3.34. The Morgan fingerprint density at radius 2 is 1.68 bits per heavy atom. The van der Waals surface area contributed by atoms with Gasteiger partial charge in [0.05, 0.1) is 4.90 Å². The fourth-order valence-corrected chi connectivity index (χ4v) is 2.62. The zero-order valence-electron chi connectivity index (χ0n) is 14.6. The molecule has 144 valence electrons. The number of hydrogen-bond donors (Lipinski definition) is 4. The molecule has 0 atom stereocenters. The Balaban J connectivity index is 2.09. The lowest BCUT2D eigenvalue weighted by molar-refractivity contribution is -0.114. The van der Waals surface area contributed by atoms with E-state index in [-0.39, 0.29) is 22.1 Å². The molecule has 2 aromatic rings. The second kappa shape index (κ2) is 8.81. The molecule has 0 aliphatic heterocycles. The molecule has 10 heteroatoms. The predicted octanol–water partition coefficient (Wildman–Crippen LogP) is 2.35. The third kappa shape index (κ3) is 5.94. The van der Waals surface area contributed by atoms with E-state index in [2.05, 4.69) is 16.0 Å². The number of hydrogen-bond acceptors (Lipinski definition) is 6. The van der Waals surface area contributed by atoms with E-state index in [0.717, 1.165) is 12.1 Å². The largest absolute Gasteiger partial charge is 0.360 e. The van der Waals surface area contributed by atoms with Crippen molar-refractivity contribution in [3.63, 3.8) is 0 Å². The molecular weight excluding hydrogens is 384 g/mol. The van der Waals surface area contributed by atoms with Gasteiger partial charge in [0.2, 0.25) is 5.91 Å². The standard InChI is InChI=1S/C18H16N4O5S/c1-12(23)21-15-7-5-14(6-8-15)20-11-13(10-19)18(24)22-16-3-2-4-17(9-16)28(25,26)27/h2-9,11,20H,1H3,(H,21,23)(H,22,24)(H,25,26,27)/b13-11-. The van der Waals surface area contributed by atoms with E-state index in [1.54, 1.807) is 30.3 Å². The molecule has 0 aliphatic carbocycles. The summed E-state index contributed by atoms with van der Waals surface area (Å²) in [7, 11) is -4.41. The monoisotopic (exact) mass is 400 g/mol. The maximum Gasteiger partial charge on any atom is 0.294 e. The minimum atomic E-state index is -4.41. The van der Waals surface area contributed by atoms with E-state index in [1.165, 1.54) is 25.3 Å². The van der Waals surface area contributed by atoms with Crippen LogP contribution in [0.4, 0.5) is 17.1 Å². The van der Waals surface area contributed by atoms with Gasteiger partial charge in [-0.05, 0) is 42.5 Å². The molecule has 0 saturated carbocycles. The van der Waals surface area contributed by atoms with Crippen LogP contribution in [0, 0.1) is 11.3 Å². The van der Waals surface area contributed by atoms with Crippen molar-refractivity contribution in [3.05, 3.63) is 60.3 Å². The molecule has 0 fully saturated rings. The minimum Gasteiger partial charge on any atom is -0.360 e. The molecule has 0 spiro atoms. The van der Waals surface area contributed by atoms with Crippen LogP contribution in [-0.2, 0) is 19.7 Å². The summed E-state index contributed by atoms with van der Waals surface area (Å²) in [6.07, 6.45) is 1.19. The van der Waals surface area contributed by atoms with Crippen molar-refractivity contribution >= 4 is 39.0 Å². The Hall–Kier alpha value is -3.68. The second-order valence-corrected chi connectivity index (χ2v) is 6.95. The number of nitrogens with one attached hydrogen (secondary N) is 3. The molecular formula is C18H16N4O5S. The number of benzene rings is 2. The maximum absolute atomic E-state index is 12.2. The van der Waals surface area contributed by atoms with Gasteiger partial charge in [-0.15, -0.1) is 0 Å². The summed E-state index contributed by atoms with van der Waals surface area (Å²) >= 11 is 0. The second-order valence-electron chi connectivity index (χ2n) is 5.53. The topological polar surface area (TPSA) is 148 Å². The molecule has 0 aromatic heterocycles. The minimum absolute atomic E-state index is 0.0981. The highest BCUT2D eigenvalue weighted by atomic mass is 32.2. The molecule has 4 N–H and O–H groups in total. The quantitative estimate of drug-likeness (QED) is 0.330. The van der Waals surface area contributed by atoms with Crippen molar-refractivity contribution in [2.75, 3.05) is 16.0 Å². The van der Waals surface area contributed by atoms with Crippen LogP contribution in [0.3, 0.4) is 0 Å². The summed E-state index contributed by atoms with van der Waals surface area (Å²) in [5.41, 5.74) is 1.01. The average Bonchev–Trinajstić information content (AvgIpc) is 2.62. The summed E-state index contributed by atoms with van der Waals surface area (Å²) in [5.74, 6) is -0.973. The fraction of sp³-hybridized carbons (Fsp3) is 0.0556. The number of nitrogens with zero attached hydrogens (tertiary/aromatic N) is 1. The maximum atomic E-state index is 12.2. The third-order valence-corrected chi connectivity index (χ3v) is 4.19. The van der Waals surface area contributed by atoms with Crippen molar-refractivity contribution in [3.8, 4) is 6.07 Å². The molecule has 0 bridgehead atoms. The van der Waals surface area contributed by atoms with Gasteiger partial charge in [-0.3, -0.25) is 14.1 Å². The van der Waals surface area contributed by atoms with E-state index in [1.807, 2.05) is 0 Å². The smallest absolute Gasteiger partial charge is 0.294 e. The Labute approximate surface area is 161 Å². The predicted molar refractivity (Wildman–Crippen MR) is 103 cm³/mol. The van der Waals surface area contributed by atoms with Crippen LogP contribution in [0.15, 0.2) is 65.2 Å². The fourth-order valence-electron chi connectivity index (χ4n) is 2.09. The molecule has 0 aliphatic rings. The van der Waals surface area contributed by atoms with Crippen molar-refractivity contribution in [1.29, 1.82) is 5.26 Å². The highest BCUT2D eigenvalue weighted by molar-refractivity contribution is 7.85. The normalized spacial score (nSPS) is 11.2. The summed E-state index contributed by atoms with van der Waals surface area (Å²) < 4.78 is 31.3. The molecule has 0 saturated heterocycles. The summed E-state index contributed by atoms with van der Waals surface area (Å²) in [4.78, 5) is 22.8. The first-order valence-corrected chi connectivity index (χ1v) is 9.26. The van der Waals surface area contributed by atoms with Crippen molar-refractivity contribution in [2.45, 2.75) is 11.8 Å². The first kappa shape index (κ1) is 20.6. The van der Waals surface area contributed by atoms with Gasteiger partial charge in [0.15, 0.2) is 0 Å². The van der Waals surface area contributed by atoms with Gasteiger partial charge >= 0.3 is 0 Å². The lowest BCUT2D eigenvalue weighted by atomic mass is 10.2. The lowest BCUT2D eigenvalue weighted by Crippen LogP contribution is -2.15. The van der Waals surface area contributed by atoms with E-state index < -0.39 is 16.0 Å². The molecule has 0 radical (unpaired) electrons. The molecule has 28 heavy (non-hydrogen) atoms. The Morgan fingerprint density at radius 3 is 2.25 bits per heavy atom. The number of nitriles is 1. The van der Waals surface area contributed by atoms with Gasteiger partial charge in [0.25, 0.3) is 16.0 Å². The SMILES string of the molecule is CC(=O)Nc1ccc(N/C=C(/C#N)C(=O)Nc2cccc(S(=O)(=O)O)c2)cc1. The van der Waals surface area contributed by atoms with Gasteiger partial charge < -0.3 is 16.0 Å². The van der Waals surface area contributed by atoms with Crippen molar-refractivity contribution in [2.24, 2.45) is 0 Å². The number of rotatable bonds is 6. The van der Waals surface area contributed by atoms with Crippen molar-refractivity contribution < 1.29 is 22.6 Å². The zero-order chi connectivity index (χ0) is 20.7. The van der Waals surface area contributed by atoms with Gasteiger partial charge in [-0.1, -0.05) is 6.07 Å². The van der Waals surface area contributed by atoms with Gasteiger partial charge in [-0.25, -0.2) is 0 Å². The number of carbonyl (C=O) groups is 2. The summed E-state index contributed by atoms with van der Waals surface area (Å²) in [6, 6.07) is 13.3. The zero-order valence-corrected chi connectivity index (χ0v) is 15.4. The van der Waals surface area contributed by atoms with Gasteiger partial charge in [-0.2, -0.15) is 13.7 Å². The van der Waals surface area contributed by atoms with Crippen molar-refractivity contribution in [1.82, 2.24) is 0 Å². The Bertz CT molecular complexity index is 1070. The van der Waals surface area contributed by atoms with Crippen LogP contribution in [0.1, 0.15) is 6.92 Å². The number of carbonyl (C=O) groups excluding carboxylic acids is 2. The molecule has 2 aromatic carbocycles. The Kier molecular flexibility index (Phi) is 6.49. The molecule has 0 unspecified atom stereocenters.